The molecule has 1 atom stereocenters. The molecule has 1 fully saturated rings. The third-order valence-corrected chi connectivity index (χ3v) is 4.14. The molecular formula is C13H22ClN3O. The normalized spacial score (nSPS) is 20.2. The maximum atomic E-state index is 10.1. The maximum absolute atomic E-state index is 10.1. The molecule has 1 aromatic heterocycles. The topological polar surface area (TPSA) is 41.3 Å². The van der Waals surface area contributed by atoms with Crippen molar-refractivity contribution in [3.63, 3.8) is 0 Å². The van der Waals surface area contributed by atoms with Gasteiger partial charge >= 0.3 is 0 Å². The van der Waals surface area contributed by atoms with E-state index in [9.17, 15) is 5.11 Å². The van der Waals surface area contributed by atoms with E-state index in [2.05, 4.69) is 16.9 Å². The number of aliphatic hydroxyl groups is 1. The summed E-state index contributed by atoms with van der Waals surface area (Å²) in [6.07, 6.45) is 3.72. The Bertz CT molecular complexity index is 386. The molecule has 102 valence electrons. The SMILES string of the molecule is Cc1c(Cl)cnn1CC(O)CN1CCC(C)CC1. The van der Waals surface area contributed by atoms with Crippen LogP contribution in [0.5, 0.6) is 0 Å². The molecule has 0 aliphatic carbocycles. The Balaban J connectivity index is 1.81. The minimum absolute atomic E-state index is 0.381. The molecule has 1 saturated heterocycles. The lowest BCUT2D eigenvalue weighted by atomic mass is 9.99. The summed E-state index contributed by atoms with van der Waals surface area (Å²) in [7, 11) is 0. The highest BCUT2D eigenvalue weighted by Gasteiger charge is 2.19. The Kier molecular flexibility index (Phi) is 4.65. The summed E-state index contributed by atoms with van der Waals surface area (Å²) >= 11 is 5.95. The Hall–Kier alpha value is -0.580. The van der Waals surface area contributed by atoms with E-state index in [1.807, 2.05) is 6.92 Å². The van der Waals surface area contributed by atoms with Crippen molar-refractivity contribution in [2.45, 2.75) is 39.3 Å². The van der Waals surface area contributed by atoms with Crippen molar-refractivity contribution in [1.29, 1.82) is 0 Å². The van der Waals surface area contributed by atoms with E-state index in [0.29, 0.717) is 11.6 Å². The Morgan fingerprint density at radius 2 is 2.11 bits per heavy atom. The van der Waals surface area contributed by atoms with Crippen molar-refractivity contribution >= 4 is 11.6 Å². The third-order valence-electron chi connectivity index (χ3n) is 3.77. The summed E-state index contributed by atoms with van der Waals surface area (Å²) in [4.78, 5) is 2.34. The van der Waals surface area contributed by atoms with Crippen LogP contribution in [-0.4, -0.2) is 45.5 Å². The van der Waals surface area contributed by atoms with E-state index in [-0.39, 0.29) is 6.10 Å². The molecule has 2 heterocycles. The van der Waals surface area contributed by atoms with Crippen LogP contribution in [-0.2, 0) is 6.54 Å². The van der Waals surface area contributed by atoms with Gasteiger partial charge in [-0.05, 0) is 38.8 Å². The van der Waals surface area contributed by atoms with Gasteiger partial charge < -0.3 is 10.0 Å². The number of piperidine rings is 1. The molecule has 1 aliphatic heterocycles. The molecule has 1 unspecified atom stereocenters. The predicted octanol–water partition coefficient (Wildman–Crippen LogP) is 1.94. The van der Waals surface area contributed by atoms with Gasteiger partial charge in [0.2, 0.25) is 0 Å². The van der Waals surface area contributed by atoms with E-state index in [0.717, 1.165) is 31.2 Å². The van der Waals surface area contributed by atoms with Crippen LogP contribution in [0.15, 0.2) is 6.20 Å². The highest BCUT2D eigenvalue weighted by molar-refractivity contribution is 6.31. The van der Waals surface area contributed by atoms with E-state index in [1.165, 1.54) is 12.8 Å². The first-order valence-corrected chi connectivity index (χ1v) is 7.02. The summed E-state index contributed by atoms with van der Waals surface area (Å²) < 4.78 is 1.78. The summed E-state index contributed by atoms with van der Waals surface area (Å²) in [5.74, 6) is 0.825. The van der Waals surface area contributed by atoms with E-state index < -0.39 is 0 Å². The number of aromatic nitrogens is 2. The predicted molar refractivity (Wildman–Crippen MR) is 72.8 cm³/mol. The van der Waals surface area contributed by atoms with Crippen LogP contribution in [0.2, 0.25) is 5.02 Å². The van der Waals surface area contributed by atoms with Crippen molar-refractivity contribution in [1.82, 2.24) is 14.7 Å². The second kappa shape index (κ2) is 6.04. The second-order valence-corrected chi connectivity index (χ2v) is 5.80. The first-order chi connectivity index (χ1) is 8.56. The Morgan fingerprint density at radius 1 is 1.44 bits per heavy atom. The van der Waals surface area contributed by atoms with E-state index in [4.69, 9.17) is 11.6 Å². The highest BCUT2D eigenvalue weighted by Crippen LogP contribution is 2.17. The zero-order chi connectivity index (χ0) is 13.1. The number of halogens is 1. The number of rotatable bonds is 4. The Morgan fingerprint density at radius 3 is 2.67 bits per heavy atom. The van der Waals surface area contributed by atoms with Crippen LogP contribution >= 0.6 is 11.6 Å². The first kappa shape index (κ1) is 13.8. The van der Waals surface area contributed by atoms with Crippen LogP contribution in [0.3, 0.4) is 0 Å². The number of likely N-dealkylation sites (tertiary alicyclic amines) is 1. The standard InChI is InChI=1S/C13H22ClN3O/c1-10-3-5-16(6-4-10)8-12(18)9-17-11(2)13(14)7-15-17/h7,10,12,18H,3-6,8-9H2,1-2H3. The lowest BCUT2D eigenvalue weighted by molar-refractivity contribution is 0.0773. The minimum atomic E-state index is -0.381. The van der Waals surface area contributed by atoms with Crippen molar-refractivity contribution in [3.05, 3.63) is 16.9 Å². The molecule has 0 aromatic carbocycles. The van der Waals surface area contributed by atoms with Crippen LogP contribution in [0.1, 0.15) is 25.5 Å². The molecule has 18 heavy (non-hydrogen) atoms. The first-order valence-electron chi connectivity index (χ1n) is 6.64. The molecule has 0 amide bonds. The van der Waals surface area contributed by atoms with Gasteiger partial charge in [0.05, 0.1) is 29.6 Å². The monoisotopic (exact) mass is 271 g/mol. The van der Waals surface area contributed by atoms with Gasteiger partial charge in [-0.1, -0.05) is 18.5 Å². The molecule has 5 heteroatoms. The van der Waals surface area contributed by atoms with Gasteiger partial charge in [0.25, 0.3) is 0 Å². The molecule has 2 rings (SSSR count). The zero-order valence-corrected chi connectivity index (χ0v) is 11.9. The van der Waals surface area contributed by atoms with E-state index >= 15 is 0 Å². The van der Waals surface area contributed by atoms with Gasteiger partial charge in [-0.2, -0.15) is 5.10 Å². The molecular weight excluding hydrogens is 250 g/mol. The van der Waals surface area contributed by atoms with Gasteiger partial charge in [-0.25, -0.2) is 0 Å². The molecule has 1 N–H and O–H groups in total. The zero-order valence-electron chi connectivity index (χ0n) is 11.1. The van der Waals surface area contributed by atoms with Crippen LogP contribution in [0.4, 0.5) is 0 Å². The number of aliphatic hydroxyl groups excluding tert-OH is 1. The van der Waals surface area contributed by atoms with Crippen molar-refractivity contribution in [3.8, 4) is 0 Å². The average Bonchev–Trinajstić information content (AvgIpc) is 2.64. The molecule has 0 saturated carbocycles. The summed E-state index contributed by atoms with van der Waals surface area (Å²) in [5, 5.41) is 14.9. The van der Waals surface area contributed by atoms with Crippen molar-refractivity contribution < 1.29 is 5.11 Å². The van der Waals surface area contributed by atoms with Crippen LogP contribution < -0.4 is 0 Å². The molecule has 4 nitrogen and oxygen atoms in total. The van der Waals surface area contributed by atoms with E-state index in [1.54, 1.807) is 10.9 Å². The fourth-order valence-electron chi connectivity index (χ4n) is 2.41. The highest BCUT2D eigenvalue weighted by atomic mass is 35.5. The molecule has 0 spiro atoms. The molecule has 1 aliphatic rings. The molecule has 0 bridgehead atoms. The minimum Gasteiger partial charge on any atom is -0.390 e. The maximum Gasteiger partial charge on any atom is 0.0862 e. The van der Waals surface area contributed by atoms with Gasteiger partial charge in [0.1, 0.15) is 0 Å². The molecule has 0 radical (unpaired) electrons. The fourth-order valence-corrected chi connectivity index (χ4v) is 2.55. The van der Waals surface area contributed by atoms with Gasteiger partial charge in [0, 0.05) is 6.54 Å². The van der Waals surface area contributed by atoms with Crippen molar-refractivity contribution in [2.24, 2.45) is 5.92 Å². The summed E-state index contributed by atoms with van der Waals surface area (Å²) in [6.45, 7) is 7.65. The fraction of sp³-hybridized carbons (Fsp3) is 0.769. The van der Waals surface area contributed by atoms with Gasteiger partial charge in [-0.3, -0.25) is 4.68 Å². The quantitative estimate of drug-likeness (QED) is 0.910. The summed E-state index contributed by atoms with van der Waals surface area (Å²) in [6, 6.07) is 0. The second-order valence-electron chi connectivity index (χ2n) is 5.40. The number of β-amino-alcohol motifs (C(OH)–C–C–N with tert-alkyl or cyclic N) is 1. The lowest BCUT2D eigenvalue weighted by Crippen LogP contribution is -2.39. The van der Waals surface area contributed by atoms with Gasteiger partial charge in [0.15, 0.2) is 0 Å². The third kappa shape index (κ3) is 3.46. The summed E-state index contributed by atoms with van der Waals surface area (Å²) in [5.41, 5.74) is 0.919. The van der Waals surface area contributed by atoms with Crippen LogP contribution in [0.25, 0.3) is 0 Å². The molecule has 1 aromatic rings. The number of hydrogen-bond donors (Lipinski definition) is 1. The van der Waals surface area contributed by atoms with Crippen molar-refractivity contribution in [2.75, 3.05) is 19.6 Å². The largest absolute Gasteiger partial charge is 0.390 e. The smallest absolute Gasteiger partial charge is 0.0862 e. The Labute approximate surface area is 114 Å². The average molecular weight is 272 g/mol. The van der Waals surface area contributed by atoms with Crippen LogP contribution in [0, 0.1) is 12.8 Å². The van der Waals surface area contributed by atoms with Gasteiger partial charge in [-0.15, -0.1) is 0 Å². The number of nitrogens with zero attached hydrogens (tertiary/aromatic N) is 3. The lowest BCUT2D eigenvalue weighted by Gasteiger charge is -2.31. The number of hydrogen-bond acceptors (Lipinski definition) is 3.